The van der Waals surface area contributed by atoms with Crippen molar-refractivity contribution in [1.29, 1.82) is 0 Å². The molecule has 0 spiro atoms. The van der Waals surface area contributed by atoms with Gasteiger partial charge in [0.1, 0.15) is 49.0 Å². The van der Waals surface area contributed by atoms with Crippen LogP contribution in [0.2, 0.25) is 0 Å². The van der Waals surface area contributed by atoms with Crippen molar-refractivity contribution in [2.75, 3.05) is 34.9 Å². The summed E-state index contributed by atoms with van der Waals surface area (Å²) < 4.78 is 54.7. The first-order chi connectivity index (χ1) is 30.1. The molecule has 0 aromatic heterocycles. The third-order valence-corrected chi connectivity index (χ3v) is 13.4. The Morgan fingerprint density at radius 3 is 2.09 bits per heavy atom. The zero-order valence-corrected chi connectivity index (χ0v) is 42.4. The summed E-state index contributed by atoms with van der Waals surface area (Å²) >= 11 is 0. The Kier molecular flexibility index (Phi) is 23.0. The molecule has 0 aromatic rings. The van der Waals surface area contributed by atoms with E-state index in [9.17, 15) is 39.9 Å². The molecule has 0 radical (unpaired) electrons. The summed E-state index contributed by atoms with van der Waals surface area (Å²) in [5.41, 5.74) is -0.806. The first-order valence-corrected chi connectivity index (χ1v) is 22.7. The normalized spacial score (nSPS) is 45.2. The number of hydrogen-bond donors (Lipinski definition) is 5. The Hall–Kier alpha value is -1.54. The van der Waals surface area contributed by atoms with Crippen molar-refractivity contribution < 1.29 is 82.5 Å². The monoisotopic (exact) mass is 1040 g/mol. The van der Waals surface area contributed by atoms with Gasteiger partial charge in [-0.15, -0.1) is 24.0 Å². The molecule has 18 nitrogen and oxygen atoms in total. The zero-order chi connectivity index (χ0) is 47.8. The van der Waals surface area contributed by atoms with Crippen LogP contribution >= 0.6 is 24.0 Å². The highest BCUT2D eigenvalue weighted by Crippen LogP contribution is 2.37. The van der Waals surface area contributed by atoms with Crippen molar-refractivity contribution in [1.82, 2.24) is 4.90 Å². The van der Waals surface area contributed by atoms with Crippen LogP contribution in [0.25, 0.3) is 0 Å². The number of hydrogen-bond acceptors (Lipinski definition) is 18. The molecule has 4 aliphatic heterocycles. The highest BCUT2D eigenvalue weighted by molar-refractivity contribution is 14.0. The van der Waals surface area contributed by atoms with Gasteiger partial charge in [-0.05, 0) is 73.5 Å². The molecule has 1 unspecified atom stereocenters. The molecule has 0 saturated carbocycles. The van der Waals surface area contributed by atoms with Crippen molar-refractivity contribution in [2.45, 2.75) is 191 Å². The van der Waals surface area contributed by atoms with Crippen LogP contribution in [-0.2, 0) is 57.0 Å². The van der Waals surface area contributed by atoms with Crippen LogP contribution in [-0.4, -0.2) is 187 Å². The van der Waals surface area contributed by atoms with Crippen LogP contribution in [0.15, 0.2) is 23.8 Å². The highest BCUT2D eigenvalue weighted by atomic mass is 127. The molecule has 4 rings (SSSR count). The summed E-state index contributed by atoms with van der Waals surface area (Å²) in [6.07, 6.45) is -8.49. The molecule has 19 heteroatoms. The summed E-state index contributed by atoms with van der Waals surface area (Å²) in [6.45, 7) is 13.6. The molecule has 3 fully saturated rings. The van der Waals surface area contributed by atoms with Gasteiger partial charge >= 0.3 is 5.97 Å². The average molecular weight is 1040 g/mol. The van der Waals surface area contributed by atoms with E-state index in [0.29, 0.717) is 12.0 Å². The number of cyclic esters (lactones) is 1. The standard InChI is InChI=1S/C46H77NO17.HI/c1-13-33-30(22-58-45-42(57-12)41(56-11)37(52)26(5)60-45)18-23(2)14-15-31(49)24(3)19-29(16-17-48)39(25(4)32(50)20-34(51)62-33)64-44-38(53)36(47(9)10)40(27(6)61-44)63-35-21-46(8,55)43(54)28(7)59-35;/h14-15,17-18,24-30,32-33,35-45,50,52-55H,13,16,19-22H2,1-12H3;1H/b15-14+,23-18+;/t24-,25+,26-,27-,28+,29+,30?,32-,33-,35+,36-,37-,38-,39-,40-,41-,42-,43+,44+,45-,46-;/m1./s1. The Balaban J connectivity index is 0.0000112. The molecule has 4 aliphatic rings. The van der Waals surface area contributed by atoms with Gasteiger partial charge < -0.3 is 77.9 Å². The number of methoxy groups -OCH3 is 2. The van der Waals surface area contributed by atoms with Crippen LogP contribution in [0.4, 0.5) is 0 Å². The van der Waals surface area contributed by atoms with E-state index in [4.69, 9.17) is 42.6 Å². The topological polar surface area (TPSA) is 239 Å². The molecular weight excluding hydrogens is 965 g/mol. The minimum Gasteiger partial charge on any atom is -0.462 e. The number of nitrogens with zero attached hydrogens (tertiary/aromatic N) is 1. The third-order valence-electron chi connectivity index (χ3n) is 13.4. The minimum atomic E-state index is -1.49. The third kappa shape index (κ3) is 14.7. The second-order valence-electron chi connectivity index (χ2n) is 18.7. The Morgan fingerprint density at radius 1 is 0.862 bits per heavy atom. The van der Waals surface area contributed by atoms with Gasteiger partial charge in [0.2, 0.25) is 0 Å². The number of ketones is 1. The molecule has 4 heterocycles. The van der Waals surface area contributed by atoms with Gasteiger partial charge in [0, 0.05) is 44.8 Å². The number of ether oxygens (including phenoxy) is 9. The summed E-state index contributed by atoms with van der Waals surface area (Å²) in [5, 5.41) is 55.8. The number of carbonyl (C=O) groups excluding carboxylic acids is 3. The Morgan fingerprint density at radius 2 is 1.51 bits per heavy atom. The van der Waals surface area contributed by atoms with Crippen molar-refractivity contribution in [3.05, 3.63) is 23.8 Å². The van der Waals surface area contributed by atoms with Crippen LogP contribution in [0, 0.1) is 23.7 Å². The van der Waals surface area contributed by atoms with E-state index < -0.39 is 140 Å². The molecule has 21 atom stereocenters. The lowest BCUT2D eigenvalue weighted by Crippen LogP contribution is -2.65. The predicted molar refractivity (Wildman–Crippen MR) is 246 cm³/mol. The van der Waals surface area contributed by atoms with E-state index in [1.807, 2.05) is 19.9 Å². The number of esters is 1. The number of halogens is 1. The number of aldehydes is 1. The minimum absolute atomic E-state index is 0. The van der Waals surface area contributed by atoms with E-state index >= 15 is 0 Å². The van der Waals surface area contributed by atoms with Gasteiger partial charge in [0.05, 0.1) is 55.2 Å². The number of rotatable bonds is 13. The highest BCUT2D eigenvalue weighted by Gasteiger charge is 2.52. The lowest BCUT2D eigenvalue weighted by molar-refractivity contribution is -0.341. The van der Waals surface area contributed by atoms with E-state index in [1.54, 1.807) is 59.7 Å². The zero-order valence-electron chi connectivity index (χ0n) is 40.1. The first-order valence-electron chi connectivity index (χ1n) is 22.7. The van der Waals surface area contributed by atoms with Crippen LogP contribution < -0.4 is 0 Å². The fourth-order valence-corrected chi connectivity index (χ4v) is 9.51. The molecule has 376 valence electrons. The lowest BCUT2D eigenvalue weighted by Gasteiger charge is -2.50. The van der Waals surface area contributed by atoms with Crippen molar-refractivity contribution in [3.8, 4) is 0 Å². The average Bonchev–Trinajstić information content (AvgIpc) is 3.23. The number of allylic oxidation sites excluding steroid dienone is 3. The fraction of sp³-hybridized carbons (Fsp3) is 0.848. The van der Waals surface area contributed by atoms with Crippen molar-refractivity contribution in [2.24, 2.45) is 23.7 Å². The molecule has 5 N–H and O–H groups in total. The largest absolute Gasteiger partial charge is 0.462 e. The van der Waals surface area contributed by atoms with Crippen LogP contribution in [0.5, 0.6) is 0 Å². The molecule has 65 heavy (non-hydrogen) atoms. The number of aliphatic hydroxyl groups excluding tert-OH is 4. The smallest absolute Gasteiger partial charge is 0.308 e. The van der Waals surface area contributed by atoms with Gasteiger partial charge in [0.15, 0.2) is 24.7 Å². The van der Waals surface area contributed by atoms with Crippen molar-refractivity contribution in [3.63, 3.8) is 0 Å². The van der Waals surface area contributed by atoms with Gasteiger partial charge in [-0.25, -0.2) is 0 Å². The Labute approximate surface area is 401 Å². The number of aliphatic hydroxyl groups is 5. The lowest BCUT2D eigenvalue weighted by atomic mass is 9.79. The number of carbonyl (C=O) groups is 3. The summed E-state index contributed by atoms with van der Waals surface area (Å²) in [4.78, 5) is 41.5. The molecule has 0 bridgehead atoms. The molecular formula is C46H78INO17. The predicted octanol–water partition coefficient (Wildman–Crippen LogP) is 2.45. The molecule has 0 amide bonds. The summed E-state index contributed by atoms with van der Waals surface area (Å²) in [5.74, 6) is -3.59. The SMILES string of the molecule is CC[C@H]1OC(=O)C[C@@H](O)[C@H](C)[C@@H](O[C@@H]2O[C@H](C)[C@@H](O[C@H]3C[C@@](C)(O)[C@@H](O)[C@H](C)O3)[C@H](N(C)C)[C@H]2O)[C@@H](CC=O)C[C@@H](C)C(=O)/C=C/C(C)=C/C1CO[C@@H]1O[C@H](C)[C@@H](O)[C@@H](OC)[C@H]1OC.I. The van der Waals surface area contributed by atoms with Gasteiger partial charge in [-0.2, -0.15) is 0 Å². The van der Waals surface area contributed by atoms with E-state index in [0.717, 1.165) is 6.29 Å². The maximum atomic E-state index is 13.8. The molecule has 3 saturated heterocycles. The quantitative estimate of drug-likeness (QED) is 0.101. The maximum Gasteiger partial charge on any atom is 0.308 e. The summed E-state index contributed by atoms with van der Waals surface area (Å²) in [6, 6.07) is -0.748. The van der Waals surface area contributed by atoms with E-state index in [2.05, 4.69) is 0 Å². The van der Waals surface area contributed by atoms with Gasteiger partial charge in [-0.1, -0.05) is 38.5 Å². The number of likely N-dealkylation sites (N-methyl/N-ethyl adjacent to an activating group) is 1. The molecule has 0 aromatic carbocycles. The maximum absolute atomic E-state index is 13.8. The van der Waals surface area contributed by atoms with Crippen LogP contribution in [0.1, 0.15) is 87.5 Å². The Bertz CT molecular complexity index is 1570. The summed E-state index contributed by atoms with van der Waals surface area (Å²) in [7, 11) is 6.43. The van der Waals surface area contributed by atoms with E-state index in [1.165, 1.54) is 27.2 Å². The second kappa shape index (κ2) is 25.9. The fourth-order valence-electron chi connectivity index (χ4n) is 9.51. The van der Waals surface area contributed by atoms with Crippen molar-refractivity contribution >= 4 is 42.0 Å². The van der Waals surface area contributed by atoms with Gasteiger partial charge in [0.25, 0.3) is 0 Å². The van der Waals surface area contributed by atoms with Crippen LogP contribution in [0.3, 0.4) is 0 Å². The van der Waals surface area contributed by atoms with E-state index in [-0.39, 0.29) is 55.6 Å². The molecule has 0 aliphatic carbocycles. The van der Waals surface area contributed by atoms with Gasteiger partial charge in [-0.3, -0.25) is 9.59 Å². The first kappa shape index (κ1) is 57.8. The second-order valence-corrected chi connectivity index (χ2v) is 18.7.